The molecule has 1 aliphatic rings. The molecule has 0 saturated carbocycles. The van der Waals surface area contributed by atoms with Crippen LogP contribution < -0.4 is 10.2 Å². The zero-order valence-electron chi connectivity index (χ0n) is 19.2. The summed E-state index contributed by atoms with van der Waals surface area (Å²) >= 11 is 1.47. The van der Waals surface area contributed by atoms with Crippen LogP contribution in [0.15, 0.2) is 29.4 Å². The quantitative estimate of drug-likeness (QED) is 0.404. The summed E-state index contributed by atoms with van der Waals surface area (Å²) in [6, 6.07) is 7.06. The lowest BCUT2D eigenvalue weighted by atomic mass is 9.95. The van der Waals surface area contributed by atoms with Crippen molar-refractivity contribution in [3.8, 4) is 0 Å². The van der Waals surface area contributed by atoms with Gasteiger partial charge in [0.1, 0.15) is 5.54 Å². The lowest BCUT2D eigenvalue weighted by Crippen LogP contribution is -2.60. The fraction of sp³-hybridized carbons (Fsp3) is 0.435. The number of benzene rings is 1. The van der Waals surface area contributed by atoms with E-state index in [0.717, 1.165) is 17.0 Å². The molecule has 2 aromatic rings. The number of nitrogens with zero attached hydrogens (tertiary/aromatic N) is 3. The number of aromatic nitrogens is 2. The number of carbonyl (C=O) groups is 3. The molecular formula is C23H28N4O4S. The van der Waals surface area contributed by atoms with Crippen LogP contribution in [0.1, 0.15) is 44.1 Å². The van der Waals surface area contributed by atoms with Crippen molar-refractivity contribution in [3.63, 3.8) is 0 Å². The first-order valence-corrected chi connectivity index (χ1v) is 11.6. The highest BCUT2D eigenvalue weighted by atomic mass is 32.2. The molecule has 2 amide bonds. The minimum Gasteiger partial charge on any atom is -0.453 e. The van der Waals surface area contributed by atoms with E-state index in [1.165, 1.54) is 23.6 Å². The van der Waals surface area contributed by atoms with Crippen LogP contribution in [-0.2, 0) is 25.5 Å². The van der Waals surface area contributed by atoms with Gasteiger partial charge in [-0.3, -0.25) is 19.3 Å². The van der Waals surface area contributed by atoms with Crippen molar-refractivity contribution in [3.05, 3.63) is 41.2 Å². The van der Waals surface area contributed by atoms with Crippen LogP contribution in [0.2, 0.25) is 0 Å². The van der Waals surface area contributed by atoms with E-state index in [0.29, 0.717) is 23.0 Å². The van der Waals surface area contributed by atoms with Gasteiger partial charge in [-0.15, -0.1) is 0 Å². The third-order valence-electron chi connectivity index (χ3n) is 5.55. The Hall–Kier alpha value is -2.94. The van der Waals surface area contributed by atoms with Crippen molar-refractivity contribution >= 4 is 40.9 Å². The van der Waals surface area contributed by atoms with Crippen molar-refractivity contribution in [1.82, 2.24) is 9.97 Å². The molecule has 1 unspecified atom stereocenters. The number of ether oxygens (including phenoxy) is 1. The fourth-order valence-corrected chi connectivity index (χ4v) is 4.18. The minimum absolute atomic E-state index is 0.0989. The zero-order chi connectivity index (χ0) is 23.6. The van der Waals surface area contributed by atoms with Crippen molar-refractivity contribution in [2.45, 2.75) is 64.3 Å². The van der Waals surface area contributed by atoms with Gasteiger partial charge in [0.15, 0.2) is 11.3 Å². The first kappa shape index (κ1) is 23.7. The molecule has 0 fully saturated rings. The molecule has 0 radical (unpaired) electrons. The van der Waals surface area contributed by atoms with Crippen molar-refractivity contribution < 1.29 is 19.1 Å². The summed E-state index contributed by atoms with van der Waals surface area (Å²) in [4.78, 5) is 48.6. The Morgan fingerprint density at radius 2 is 1.81 bits per heavy atom. The summed E-state index contributed by atoms with van der Waals surface area (Å²) in [5, 5.41) is 3.51. The third kappa shape index (κ3) is 4.62. The molecule has 32 heavy (non-hydrogen) atoms. The molecule has 1 aliphatic heterocycles. The van der Waals surface area contributed by atoms with Crippen LogP contribution in [0.5, 0.6) is 0 Å². The Balaban J connectivity index is 1.71. The Morgan fingerprint density at radius 3 is 2.44 bits per heavy atom. The SMILES string of the molecule is CSc1nc(C)c(CCC(=O)OC(C)C(=O)N2c3ccccc3NC(=O)C2(C)C)c(C)n1. The highest BCUT2D eigenvalue weighted by molar-refractivity contribution is 7.98. The van der Waals surface area contributed by atoms with Gasteiger partial charge < -0.3 is 10.1 Å². The van der Waals surface area contributed by atoms with Crippen LogP contribution >= 0.6 is 11.8 Å². The average Bonchev–Trinajstić information content (AvgIpc) is 2.73. The first-order valence-electron chi connectivity index (χ1n) is 10.4. The van der Waals surface area contributed by atoms with Crippen molar-refractivity contribution in [2.24, 2.45) is 0 Å². The van der Waals surface area contributed by atoms with Crippen LogP contribution in [-0.4, -0.2) is 45.7 Å². The lowest BCUT2D eigenvalue weighted by Gasteiger charge is -2.42. The van der Waals surface area contributed by atoms with Gasteiger partial charge in [-0.2, -0.15) is 0 Å². The summed E-state index contributed by atoms with van der Waals surface area (Å²) in [7, 11) is 0. The molecule has 1 aromatic carbocycles. The number of amides is 2. The number of para-hydroxylation sites is 2. The molecule has 1 aromatic heterocycles. The molecule has 1 N–H and O–H groups in total. The third-order valence-corrected chi connectivity index (χ3v) is 6.09. The number of rotatable bonds is 6. The summed E-state index contributed by atoms with van der Waals surface area (Å²) in [6.07, 6.45) is 1.39. The molecule has 0 spiro atoms. The van der Waals surface area contributed by atoms with E-state index in [-0.39, 0.29) is 12.3 Å². The summed E-state index contributed by atoms with van der Waals surface area (Å²) in [5.41, 5.74) is 2.55. The van der Waals surface area contributed by atoms with Gasteiger partial charge >= 0.3 is 5.97 Å². The predicted octanol–water partition coefficient (Wildman–Crippen LogP) is 3.44. The smallest absolute Gasteiger partial charge is 0.306 e. The average molecular weight is 457 g/mol. The molecule has 0 bridgehead atoms. The Bertz CT molecular complexity index is 1050. The maximum atomic E-state index is 13.3. The number of thioether (sulfide) groups is 1. The predicted molar refractivity (Wildman–Crippen MR) is 124 cm³/mol. The number of hydrogen-bond donors (Lipinski definition) is 1. The monoisotopic (exact) mass is 456 g/mol. The number of fused-ring (bicyclic) bond motifs is 1. The molecule has 8 nitrogen and oxygen atoms in total. The molecule has 2 heterocycles. The second-order valence-corrected chi connectivity index (χ2v) is 8.97. The van der Waals surface area contributed by atoms with Crippen LogP contribution in [0.25, 0.3) is 0 Å². The van der Waals surface area contributed by atoms with E-state index in [1.54, 1.807) is 38.1 Å². The molecular weight excluding hydrogens is 428 g/mol. The number of hydrogen-bond acceptors (Lipinski definition) is 7. The fourth-order valence-electron chi connectivity index (χ4n) is 3.72. The zero-order valence-corrected chi connectivity index (χ0v) is 20.0. The van der Waals surface area contributed by atoms with Gasteiger partial charge in [-0.25, -0.2) is 9.97 Å². The lowest BCUT2D eigenvalue weighted by molar-refractivity contribution is -0.154. The Morgan fingerprint density at radius 1 is 1.19 bits per heavy atom. The summed E-state index contributed by atoms with van der Waals surface area (Å²) in [6.45, 7) is 8.63. The highest BCUT2D eigenvalue weighted by Crippen LogP contribution is 2.37. The van der Waals surface area contributed by atoms with Gasteiger partial charge in [-0.1, -0.05) is 23.9 Å². The number of nitrogens with one attached hydrogen (secondary N) is 1. The van der Waals surface area contributed by atoms with Gasteiger partial charge in [0.2, 0.25) is 5.91 Å². The van der Waals surface area contributed by atoms with Gasteiger partial charge in [-0.05, 0) is 65.0 Å². The number of carbonyl (C=O) groups excluding carboxylic acids is 3. The Labute approximate surface area is 192 Å². The highest BCUT2D eigenvalue weighted by Gasteiger charge is 2.45. The molecule has 0 aliphatic carbocycles. The van der Waals surface area contributed by atoms with E-state index in [9.17, 15) is 14.4 Å². The Kier molecular flexibility index (Phi) is 6.88. The van der Waals surface area contributed by atoms with Gasteiger partial charge in [0.05, 0.1) is 11.4 Å². The van der Waals surface area contributed by atoms with Crippen LogP contribution in [0, 0.1) is 13.8 Å². The van der Waals surface area contributed by atoms with E-state index in [1.807, 2.05) is 20.1 Å². The first-order chi connectivity index (χ1) is 15.1. The minimum atomic E-state index is -1.13. The summed E-state index contributed by atoms with van der Waals surface area (Å²) < 4.78 is 5.45. The van der Waals surface area contributed by atoms with Gasteiger partial charge in [0.25, 0.3) is 5.91 Å². The molecule has 0 saturated heterocycles. The molecule has 170 valence electrons. The largest absolute Gasteiger partial charge is 0.453 e. The second kappa shape index (κ2) is 9.28. The molecule has 3 rings (SSSR count). The van der Waals surface area contributed by atoms with Crippen molar-refractivity contribution in [1.29, 1.82) is 0 Å². The number of aryl methyl sites for hydroxylation is 2. The van der Waals surface area contributed by atoms with Crippen LogP contribution in [0.3, 0.4) is 0 Å². The van der Waals surface area contributed by atoms with E-state index >= 15 is 0 Å². The maximum Gasteiger partial charge on any atom is 0.306 e. The molecule has 1 atom stereocenters. The van der Waals surface area contributed by atoms with E-state index in [2.05, 4.69) is 15.3 Å². The topological polar surface area (TPSA) is 101 Å². The number of esters is 1. The van der Waals surface area contributed by atoms with Crippen LogP contribution in [0.4, 0.5) is 11.4 Å². The maximum absolute atomic E-state index is 13.3. The number of anilines is 2. The summed E-state index contributed by atoms with van der Waals surface area (Å²) in [5.74, 6) is -1.25. The standard InChI is InChI=1S/C23H28N4O4S/c1-13-16(14(2)25-22(24-13)32-6)11-12-19(28)31-15(3)20(29)27-18-10-8-7-9-17(18)26-21(30)23(27,4)5/h7-10,15H,11-12H2,1-6H3,(H,26,30). The van der Waals surface area contributed by atoms with Crippen molar-refractivity contribution in [2.75, 3.05) is 16.5 Å². The van der Waals surface area contributed by atoms with E-state index < -0.39 is 23.5 Å². The molecule has 9 heteroatoms. The van der Waals surface area contributed by atoms with Gasteiger partial charge in [0, 0.05) is 17.8 Å². The second-order valence-electron chi connectivity index (χ2n) is 8.20. The normalized spacial score (nSPS) is 15.6. The van der Waals surface area contributed by atoms with E-state index in [4.69, 9.17) is 4.74 Å².